The molecule has 0 unspecified atom stereocenters. The molecule has 0 aliphatic heterocycles. The monoisotopic (exact) mass is 217 g/mol. The summed E-state index contributed by atoms with van der Waals surface area (Å²) in [5.41, 5.74) is 0.973. The van der Waals surface area contributed by atoms with E-state index in [9.17, 15) is 0 Å². The van der Waals surface area contributed by atoms with Crippen LogP contribution < -0.4 is 5.32 Å². The predicted octanol–water partition coefficient (Wildman–Crippen LogP) is 1.46. The highest BCUT2D eigenvalue weighted by atomic mass is 15.1. The molecule has 0 bridgehead atoms. The largest absolute Gasteiger partial charge is 0.370 e. The van der Waals surface area contributed by atoms with Crippen LogP contribution in [0.3, 0.4) is 0 Å². The molecule has 84 valence electrons. The minimum Gasteiger partial charge on any atom is -0.370 e. The molecule has 0 aliphatic rings. The van der Waals surface area contributed by atoms with Gasteiger partial charge in [0.2, 0.25) is 0 Å². The van der Waals surface area contributed by atoms with Gasteiger partial charge in [0, 0.05) is 30.7 Å². The molecule has 0 amide bonds. The lowest BCUT2D eigenvalue weighted by atomic mass is 10.4. The van der Waals surface area contributed by atoms with Crippen molar-refractivity contribution in [2.45, 2.75) is 20.4 Å². The van der Waals surface area contributed by atoms with E-state index < -0.39 is 0 Å². The van der Waals surface area contributed by atoms with E-state index in [1.165, 1.54) is 0 Å². The van der Waals surface area contributed by atoms with Gasteiger partial charge < -0.3 is 9.88 Å². The van der Waals surface area contributed by atoms with E-state index in [1.54, 1.807) is 12.5 Å². The molecule has 0 saturated heterocycles. The number of nitrogens with zero attached hydrogens (tertiary/aromatic N) is 4. The third kappa shape index (κ3) is 2.56. The zero-order chi connectivity index (χ0) is 11.4. The van der Waals surface area contributed by atoms with Crippen molar-refractivity contribution in [1.29, 1.82) is 0 Å². The molecule has 0 spiro atoms. The maximum Gasteiger partial charge on any atom is 0.150 e. The molecule has 0 fully saturated rings. The fraction of sp³-hybridized carbons (Fsp3) is 0.364. The van der Waals surface area contributed by atoms with Gasteiger partial charge in [-0.05, 0) is 13.8 Å². The fourth-order valence-electron chi connectivity index (χ4n) is 1.52. The zero-order valence-corrected chi connectivity index (χ0v) is 9.51. The first-order valence-corrected chi connectivity index (χ1v) is 5.32. The van der Waals surface area contributed by atoms with E-state index in [0.717, 1.165) is 23.9 Å². The van der Waals surface area contributed by atoms with E-state index >= 15 is 0 Å². The standard InChI is InChI=1S/C11H15N5/c1-3-13-10-6-9(2)14-11(15-10)7-16-5-4-12-8-16/h4-6,8H,3,7H2,1-2H3,(H,13,14,15). The average molecular weight is 217 g/mol. The topological polar surface area (TPSA) is 55.6 Å². The first-order chi connectivity index (χ1) is 7.78. The molecule has 5 nitrogen and oxygen atoms in total. The first kappa shape index (κ1) is 10.6. The summed E-state index contributed by atoms with van der Waals surface area (Å²) >= 11 is 0. The smallest absolute Gasteiger partial charge is 0.150 e. The number of rotatable bonds is 4. The van der Waals surface area contributed by atoms with E-state index in [-0.39, 0.29) is 0 Å². The van der Waals surface area contributed by atoms with Gasteiger partial charge in [0.15, 0.2) is 5.82 Å². The highest BCUT2D eigenvalue weighted by Gasteiger charge is 2.02. The molecule has 2 rings (SSSR count). The second-order valence-corrected chi connectivity index (χ2v) is 3.58. The Labute approximate surface area is 94.6 Å². The summed E-state index contributed by atoms with van der Waals surface area (Å²) in [5, 5.41) is 3.19. The summed E-state index contributed by atoms with van der Waals surface area (Å²) in [5.74, 6) is 1.68. The van der Waals surface area contributed by atoms with Gasteiger partial charge in [-0.1, -0.05) is 0 Å². The molecular formula is C11H15N5. The van der Waals surface area contributed by atoms with E-state index in [4.69, 9.17) is 0 Å². The molecule has 0 aromatic carbocycles. The molecule has 2 aromatic rings. The summed E-state index contributed by atoms with van der Waals surface area (Å²) in [6.07, 6.45) is 5.41. The highest BCUT2D eigenvalue weighted by molar-refractivity contribution is 5.35. The van der Waals surface area contributed by atoms with Gasteiger partial charge in [-0.3, -0.25) is 0 Å². The van der Waals surface area contributed by atoms with Crippen LogP contribution in [-0.2, 0) is 6.54 Å². The van der Waals surface area contributed by atoms with Crippen molar-refractivity contribution in [1.82, 2.24) is 19.5 Å². The molecule has 0 aliphatic carbocycles. The van der Waals surface area contributed by atoms with Gasteiger partial charge in [0.25, 0.3) is 0 Å². The van der Waals surface area contributed by atoms with Crippen LogP contribution in [0.2, 0.25) is 0 Å². The molecule has 0 saturated carbocycles. The average Bonchev–Trinajstić information content (AvgIpc) is 2.70. The molecule has 0 atom stereocenters. The molecule has 16 heavy (non-hydrogen) atoms. The number of aromatic nitrogens is 4. The Hall–Kier alpha value is -1.91. The van der Waals surface area contributed by atoms with Crippen LogP contribution in [-0.4, -0.2) is 26.1 Å². The van der Waals surface area contributed by atoms with Gasteiger partial charge in [-0.15, -0.1) is 0 Å². The zero-order valence-electron chi connectivity index (χ0n) is 9.51. The minimum absolute atomic E-state index is 0.653. The lowest BCUT2D eigenvalue weighted by Crippen LogP contribution is -2.07. The molecule has 5 heteroatoms. The van der Waals surface area contributed by atoms with Gasteiger partial charge in [-0.25, -0.2) is 15.0 Å². The van der Waals surface area contributed by atoms with E-state index in [1.807, 2.05) is 30.7 Å². The van der Waals surface area contributed by atoms with Crippen molar-refractivity contribution in [2.75, 3.05) is 11.9 Å². The van der Waals surface area contributed by atoms with Crippen molar-refractivity contribution in [3.8, 4) is 0 Å². The highest BCUT2D eigenvalue weighted by Crippen LogP contribution is 2.06. The van der Waals surface area contributed by atoms with Crippen molar-refractivity contribution in [3.63, 3.8) is 0 Å². The summed E-state index contributed by atoms with van der Waals surface area (Å²) < 4.78 is 1.95. The third-order valence-corrected chi connectivity index (χ3v) is 2.14. The van der Waals surface area contributed by atoms with Crippen molar-refractivity contribution in [2.24, 2.45) is 0 Å². The number of imidazole rings is 1. The van der Waals surface area contributed by atoms with Crippen LogP contribution >= 0.6 is 0 Å². The predicted molar refractivity (Wildman–Crippen MR) is 62.3 cm³/mol. The van der Waals surface area contributed by atoms with Crippen molar-refractivity contribution in [3.05, 3.63) is 36.3 Å². The van der Waals surface area contributed by atoms with Gasteiger partial charge >= 0.3 is 0 Å². The lowest BCUT2D eigenvalue weighted by Gasteiger charge is -2.07. The Kier molecular flexibility index (Phi) is 3.14. The SMILES string of the molecule is CCNc1cc(C)nc(Cn2ccnc2)n1. The molecule has 2 heterocycles. The van der Waals surface area contributed by atoms with Crippen LogP contribution in [0.15, 0.2) is 24.8 Å². The second kappa shape index (κ2) is 4.74. The lowest BCUT2D eigenvalue weighted by molar-refractivity contribution is 0.739. The Morgan fingerprint density at radius 3 is 2.94 bits per heavy atom. The number of hydrogen-bond donors (Lipinski definition) is 1. The second-order valence-electron chi connectivity index (χ2n) is 3.58. The molecular weight excluding hydrogens is 202 g/mol. The van der Waals surface area contributed by atoms with Crippen LogP contribution in [0.1, 0.15) is 18.4 Å². The quantitative estimate of drug-likeness (QED) is 0.842. The summed E-state index contributed by atoms with van der Waals surface area (Å²) in [6.45, 7) is 5.54. The maximum atomic E-state index is 4.43. The normalized spacial score (nSPS) is 10.4. The third-order valence-electron chi connectivity index (χ3n) is 2.14. The number of aryl methyl sites for hydroxylation is 1. The van der Waals surface area contributed by atoms with E-state index in [2.05, 4.69) is 20.3 Å². The number of nitrogens with one attached hydrogen (secondary N) is 1. The Bertz CT molecular complexity index is 449. The van der Waals surface area contributed by atoms with Crippen LogP contribution in [0.5, 0.6) is 0 Å². The fourth-order valence-corrected chi connectivity index (χ4v) is 1.52. The number of hydrogen-bond acceptors (Lipinski definition) is 4. The Morgan fingerprint density at radius 2 is 2.25 bits per heavy atom. The van der Waals surface area contributed by atoms with Gasteiger partial charge in [0.05, 0.1) is 12.9 Å². The van der Waals surface area contributed by atoms with Gasteiger partial charge in [-0.2, -0.15) is 0 Å². The minimum atomic E-state index is 0.653. The molecule has 1 N–H and O–H groups in total. The van der Waals surface area contributed by atoms with Crippen molar-refractivity contribution >= 4 is 5.82 Å². The van der Waals surface area contributed by atoms with Crippen LogP contribution in [0.4, 0.5) is 5.82 Å². The van der Waals surface area contributed by atoms with E-state index in [0.29, 0.717) is 6.54 Å². The Balaban J connectivity index is 2.20. The summed E-state index contributed by atoms with van der Waals surface area (Å²) in [6, 6.07) is 1.95. The number of anilines is 1. The summed E-state index contributed by atoms with van der Waals surface area (Å²) in [4.78, 5) is 12.8. The van der Waals surface area contributed by atoms with Gasteiger partial charge in [0.1, 0.15) is 5.82 Å². The molecule has 2 aromatic heterocycles. The Morgan fingerprint density at radius 1 is 1.38 bits per heavy atom. The van der Waals surface area contributed by atoms with Crippen LogP contribution in [0.25, 0.3) is 0 Å². The van der Waals surface area contributed by atoms with Crippen molar-refractivity contribution < 1.29 is 0 Å². The maximum absolute atomic E-state index is 4.43. The summed E-state index contributed by atoms with van der Waals surface area (Å²) in [7, 11) is 0. The van der Waals surface area contributed by atoms with Crippen LogP contribution in [0, 0.1) is 6.92 Å². The molecule has 0 radical (unpaired) electrons. The first-order valence-electron chi connectivity index (χ1n) is 5.32.